The number of halogens is 1. The van der Waals surface area contributed by atoms with Gasteiger partial charge in [0.1, 0.15) is 5.82 Å². The molecule has 0 aromatic carbocycles. The SMILES string of the molecule is Cc1ccnc(N(CCN)C2CCCC2)c1Br. The molecule has 0 bridgehead atoms. The molecule has 2 rings (SSSR count). The number of pyridine rings is 1. The molecule has 3 nitrogen and oxygen atoms in total. The van der Waals surface area contributed by atoms with E-state index in [1.807, 2.05) is 12.3 Å². The number of aromatic nitrogens is 1. The maximum Gasteiger partial charge on any atom is 0.143 e. The van der Waals surface area contributed by atoms with Gasteiger partial charge in [-0.1, -0.05) is 12.8 Å². The molecule has 0 spiro atoms. The largest absolute Gasteiger partial charge is 0.351 e. The fourth-order valence-corrected chi connectivity index (χ4v) is 3.00. The predicted octanol–water partition coefficient (Wildman–Crippen LogP) is 2.86. The summed E-state index contributed by atoms with van der Waals surface area (Å²) in [5.74, 6) is 1.06. The van der Waals surface area contributed by atoms with Crippen molar-refractivity contribution >= 4 is 21.7 Å². The molecule has 0 saturated heterocycles. The average molecular weight is 298 g/mol. The fraction of sp³-hybridized carbons (Fsp3) is 0.615. The van der Waals surface area contributed by atoms with Gasteiger partial charge in [-0.15, -0.1) is 0 Å². The highest BCUT2D eigenvalue weighted by Crippen LogP contribution is 2.32. The summed E-state index contributed by atoms with van der Waals surface area (Å²) in [5, 5.41) is 0. The van der Waals surface area contributed by atoms with Gasteiger partial charge < -0.3 is 10.6 Å². The normalized spacial score (nSPS) is 16.4. The quantitative estimate of drug-likeness (QED) is 0.929. The maximum atomic E-state index is 5.74. The minimum Gasteiger partial charge on any atom is -0.351 e. The Morgan fingerprint density at radius 1 is 1.47 bits per heavy atom. The lowest BCUT2D eigenvalue weighted by Gasteiger charge is -2.30. The second-order valence-corrected chi connectivity index (χ2v) is 5.48. The van der Waals surface area contributed by atoms with Crippen LogP contribution >= 0.6 is 15.9 Å². The Balaban J connectivity index is 2.27. The number of aryl methyl sites for hydroxylation is 1. The minimum atomic E-state index is 0.615. The molecule has 1 aromatic rings. The first kappa shape index (κ1) is 12.8. The third-order valence-corrected chi connectivity index (χ3v) is 4.45. The van der Waals surface area contributed by atoms with Crippen LogP contribution in [0, 0.1) is 6.92 Å². The van der Waals surface area contributed by atoms with Crippen LogP contribution in [0.25, 0.3) is 0 Å². The van der Waals surface area contributed by atoms with E-state index >= 15 is 0 Å². The summed E-state index contributed by atoms with van der Waals surface area (Å²) in [6.07, 6.45) is 7.07. The molecule has 4 heteroatoms. The molecular formula is C13H20BrN3. The van der Waals surface area contributed by atoms with E-state index in [0.29, 0.717) is 12.6 Å². The van der Waals surface area contributed by atoms with E-state index < -0.39 is 0 Å². The highest BCUT2D eigenvalue weighted by atomic mass is 79.9. The van der Waals surface area contributed by atoms with Gasteiger partial charge in [-0.3, -0.25) is 0 Å². The molecule has 2 N–H and O–H groups in total. The Hall–Kier alpha value is -0.610. The molecule has 1 aliphatic carbocycles. The minimum absolute atomic E-state index is 0.615. The summed E-state index contributed by atoms with van der Waals surface area (Å²) in [6, 6.07) is 2.65. The molecule has 17 heavy (non-hydrogen) atoms. The molecule has 0 aliphatic heterocycles. The molecule has 1 saturated carbocycles. The van der Waals surface area contributed by atoms with Crippen LogP contribution in [-0.4, -0.2) is 24.1 Å². The molecule has 0 amide bonds. The lowest BCUT2D eigenvalue weighted by molar-refractivity contribution is 0.601. The molecule has 0 atom stereocenters. The topological polar surface area (TPSA) is 42.2 Å². The van der Waals surface area contributed by atoms with Gasteiger partial charge in [0.05, 0.1) is 4.47 Å². The Labute approximate surface area is 112 Å². The van der Waals surface area contributed by atoms with Crippen LogP contribution in [0.3, 0.4) is 0 Å². The summed E-state index contributed by atoms with van der Waals surface area (Å²) in [6.45, 7) is 3.67. The van der Waals surface area contributed by atoms with Gasteiger partial charge in [0.2, 0.25) is 0 Å². The maximum absolute atomic E-state index is 5.74. The van der Waals surface area contributed by atoms with E-state index in [0.717, 1.165) is 16.8 Å². The van der Waals surface area contributed by atoms with Gasteiger partial charge in [-0.05, 0) is 47.3 Å². The second-order valence-electron chi connectivity index (χ2n) is 4.69. The lowest BCUT2D eigenvalue weighted by atomic mass is 10.2. The number of hydrogen-bond acceptors (Lipinski definition) is 3. The van der Waals surface area contributed by atoms with Crippen molar-refractivity contribution in [1.29, 1.82) is 0 Å². The first-order chi connectivity index (χ1) is 8.24. The third kappa shape index (κ3) is 2.80. The molecule has 1 aliphatic rings. The van der Waals surface area contributed by atoms with Gasteiger partial charge in [-0.2, -0.15) is 0 Å². The van der Waals surface area contributed by atoms with Crippen molar-refractivity contribution in [2.75, 3.05) is 18.0 Å². The zero-order valence-corrected chi connectivity index (χ0v) is 11.9. The Bertz CT molecular complexity index is 375. The summed E-state index contributed by atoms with van der Waals surface area (Å²) in [5.41, 5.74) is 6.97. The number of nitrogens with zero attached hydrogens (tertiary/aromatic N) is 2. The van der Waals surface area contributed by atoms with E-state index in [1.165, 1.54) is 31.2 Å². The van der Waals surface area contributed by atoms with Crippen LogP contribution < -0.4 is 10.6 Å². The summed E-state index contributed by atoms with van der Waals surface area (Å²) in [7, 11) is 0. The van der Waals surface area contributed by atoms with E-state index in [-0.39, 0.29) is 0 Å². The van der Waals surface area contributed by atoms with Crippen molar-refractivity contribution in [1.82, 2.24) is 4.98 Å². The van der Waals surface area contributed by atoms with Gasteiger partial charge in [0.15, 0.2) is 0 Å². The van der Waals surface area contributed by atoms with Crippen molar-refractivity contribution in [3.05, 3.63) is 22.3 Å². The van der Waals surface area contributed by atoms with Gasteiger partial charge in [0.25, 0.3) is 0 Å². The van der Waals surface area contributed by atoms with Crippen molar-refractivity contribution < 1.29 is 0 Å². The van der Waals surface area contributed by atoms with Crippen LogP contribution in [0.2, 0.25) is 0 Å². The predicted molar refractivity (Wildman–Crippen MR) is 75.3 cm³/mol. The molecule has 0 unspecified atom stereocenters. The van der Waals surface area contributed by atoms with Gasteiger partial charge >= 0.3 is 0 Å². The number of hydrogen-bond donors (Lipinski definition) is 1. The Kier molecular flexibility index (Phi) is 4.40. The lowest BCUT2D eigenvalue weighted by Crippen LogP contribution is -2.38. The van der Waals surface area contributed by atoms with Crippen LogP contribution in [-0.2, 0) is 0 Å². The van der Waals surface area contributed by atoms with E-state index in [1.54, 1.807) is 0 Å². The van der Waals surface area contributed by atoms with E-state index in [4.69, 9.17) is 5.73 Å². The Morgan fingerprint density at radius 3 is 2.82 bits per heavy atom. The number of nitrogens with two attached hydrogens (primary N) is 1. The number of rotatable bonds is 4. The van der Waals surface area contributed by atoms with Crippen molar-refractivity contribution in [2.45, 2.75) is 38.6 Å². The summed E-state index contributed by atoms with van der Waals surface area (Å²) in [4.78, 5) is 6.91. The zero-order valence-electron chi connectivity index (χ0n) is 10.3. The van der Waals surface area contributed by atoms with Gasteiger partial charge in [-0.25, -0.2) is 4.98 Å². The van der Waals surface area contributed by atoms with E-state index in [2.05, 4.69) is 32.7 Å². The van der Waals surface area contributed by atoms with Crippen LogP contribution in [0.4, 0.5) is 5.82 Å². The second kappa shape index (κ2) is 5.83. The monoisotopic (exact) mass is 297 g/mol. The average Bonchev–Trinajstić information content (AvgIpc) is 2.84. The summed E-state index contributed by atoms with van der Waals surface area (Å²) < 4.78 is 1.11. The molecular weight excluding hydrogens is 278 g/mol. The van der Waals surface area contributed by atoms with Gasteiger partial charge in [0, 0.05) is 25.3 Å². The van der Waals surface area contributed by atoms with Crippen LogP contribution in [0.15, 0.2) is 16.7 Å². The van der Waals surface area contributed by atoms with E-state index in [9.17, 15) is 0 Å². The van der Waals surface area contributed by atoms with Crippen LogP contribution in [0.1, 0.15) is 31.2 Å². The Morgan fingerprint density at radius 2 is 2.18 bits per heavy atom. The first-order valence-electron chi connectivity index (χ1n) is 6.32. The van der Waals surface area contributed by atoms with Crippen molar-refractivity contribution in [3.8, 4) is 0 Å². The fourth-order valence-electron chi connectivity index (χ4n) is 2.54. The van der Waals surface area contributed by atoms with Crippen molar-refractivity contribution in [2.24, 2.45) is 5.73 Å². The summed E-state index contributed by atoms with van der Waals surface area (Å²) >= 11 is 3.65. The molecule has 0 radical (unpaired) electrons. The zero-order chi connectivity index (χ0) is 12.3. The standard InChI is InChI=1S/C13H20BrN3/c1-10-6-8-16-13(12(10)14)17(9-7-15)11-4-2-3-5-11/h6,8,11H,2-5,7,9,15H2,1H3. The first-order valence-corrected chi connectivity index (χ1v) is 7.11. The van der Waals surface area contributed by atoms with Crippen LogP contribution in [0.5, 0.6) is 0 Å². The molecule has 1 heterocycles. The highest BCUT2D eigenvalue weighted by Gasteiger charge is 2.24. The third-order valence-electron chi connectivity index (χ3n) is 3.47. The molecule has 1 fully saturated rings. The molecule has 1 aromatic heterocycles. The number of anilines is 1. The molecule has 94 valence electrons. The highest BCUT2D eigenvalue weighted by molar-refractivity contribution is 9.10. The smallest absolute Gasteiger partial charge is 0.143 e. The van der Waals surface area contributed by atoms with Crippen molar-refractivity contribution in [3.63, 3.8) is 0 Å².